The van der Waals surface area contributed by atoms with Gasteiger partial charge in [0.15, 0.2) is 0 Å². The summed E-state index contributed by atoms with van der Waals surface area (Å²) < 4.78 is 0. The van der Waals surface area contributed by atoms with Gasteiger partial charge >= 0.3 is 21.7 Å². The summed E-state index contributed by atoms with van der Waals surface area (Å²) in [5.74, 6) is 0. The maximum Gasteiger partial charge on any atom is 4.00 e. The Balaban J connectivity index is 0. The molecule has 0 aliphatic heterocycles. The first-order chi connectivity index (χ1) is 13.5. The van der Waals surface area contributed by atoms with Gasteiger partial charge in [-0.2, -0.15) is 17.3 Å². The van der Waals surface area contributed by atoms with Gasteiger partial charge in [0.1, 0.15) is 0 Å². The van der Waals surface area contributed by atoms with Crippen LogP contribution in [-0.2, 0) is 28.1 Å². The van der Waals surface area contributed by atoms with Gasteiger partial charge in [0.25, 0.3) is 0 Å². The number of rotatable bonds is 7. The van der Waals surface area contributed by atoms with Crippen LogP contribution >= 0.6 is 0 Å². The Hall–Kier alpha value is -0.409. The van der Waals surface area contributed by atoms with Crippen LogP contribution in [0.1, 0.15) is 59.6 Å². The second-order valence-electron chi connectivity index (χ2n) is 8.36. The van der Waals surface area contributed by atoms with E-state index in [4.69, 9.17) is 0 Å². The van der Waals surface area contributed by atoms with E-state index in [0.717, 1.165) is 0 Å². The fraction of sp³-hybridized carbons (Fsp3) is 0.370. The Bertz CT molecular complexity index is 936. The van der Waals surface area contributed by atoms with E-state index in [9.17, 15) is 0 Å². The fourth-order valence-electron chi connectivity index (χ4n) is 4.50. The van der Waals surface area contributed by atoms with Gasteiger partial charge in [0, 0.05) is 9.52 Å². The van der Waals surface area contributed by atoms with Crippen molar-refractivity contribution in [3.05, 3.63) is 75.8 Å². The van der Waals surface area contributed by atoms with Gasteiger partial charge in [0.05, 0.1) is 0 Å². The van der Waals surface area contributed by atoms with Crippen LogP contribution in [0.3, 0.4) is 0 Å². The largest absolute Gasteiger partial charge is 4.00 e. The zero-order chi connectivity index (χ0) is 20.3. The van der Waals surface area contributed by atoms with Crippen molar-refractivity contribution in [1.82, 2.24) is 0 Å². The van der Waals surface area contributed by atoms with Crippen molar-refractivity contribution in [3.63, 3.8) is 0 Å². The monoisotopic (exact) mass is 540 g/mol. The summed E-state index contributed by atoms with van der Waals surface area (Å²) in [6.07, 6.45) is 5.10. The second-order valence-corrected chi connectivity index (χ2v) is 10.2. The molecule has 3 aromatic rings. The van der Waals surface area contributed by atoms with E-state index in [-0.39, 0.29) is 58.9 Å². The smallest absolute Gasteiger partial charge is 1.00 e. The summed E-state index contributed by atoms with van der Waals surface area (Å²) in [6, 6.07) is 15.9. The van der Waals surface area contributed by atoms with Crippen LogP contribution in [0.2, 0.25) is 0 Å². The molecule has 0 unspecified atom stereocenters. The van der Waals surface area contributed by atoms with Gasteiger partial charge in [-0.05, 0) is 62.4 Å². The van der Waals surface area contributed by atoms with Gasteiger partial charge < -0.3 is 37.2 Å². The minimum absolute atomic E-state index is 0. The molecule has 0 heterocycles. The van der Waals surface area contributed by atoms with E-state index in [1.54, 1.807) is 15.9 Å². The SMILES string of the molecule is CCCCC[c-]1ccc([SiH2]c2c(C)c(C)c(C)c(C)c2C)c1-c1ccccc1.[Cl-].[Cl-].[Cl-].[Ti+4]. The molecule has 5 heteroatoms. The molecule has 0 amide bonds. The van der Waals surface area contributed by atoms with Crippen molar-refractivity contribution < 1.29 is 58.9 Å². The Labute approximate surface area is 231 Å². The third-order valence-corrected chi connectivity index (χ3v) is 9.15. The second kappa shape index (κ2) is 15.5. The summed E-state index contributed by atoms with van der Waals surface area (Å²) in [5, 5.41) is 3.27. The molecule has 32 heavy (non-hydrogen) atoms. The van der Waals surface area contributed by atoms with Crippen LogP contribution in [0.15, 0.2) is 42.5 Å². The standard InChI is InChI=1S/C27H35Si.3ClH.Ti/c1-7-8-10-13-24-16-17-25(26(24)23-14-11-9-12-15-23)28-27-21(5)19(3)18(2)20(4)22(27)6;;;;/h9,11-12,14-17H,7-8,10,13,28H2,1-6H3;3*1H;/q-1;;;;+4/p-3. The van der Waals surface area contributed by atoms with Gasteiger partial charge in [-0.25, -0.2) is 0 Å². The van der Waals surface area contributed by atoms with Gasteiger partial charge in [-0.15, -0.1) is 11.1 Å². The Kier molecular flexibility index (Phi) is 16.3. The molecular formula is C27H35Cl3SiTi. The molecule has 0 aliphatic carbocycles. The Morgan fingerprint density at radius 2 is 1.25 bits per heavy atom. The van der Waals surface area contributed by atoms with Crippen molar-refractivity contribution in [2.75, 3.05) is 0 Å². The molecule has 172 valence electrons. The zero-order valence-corrected chi connectivity index (χ0v) is 25.5. The van der Waals surface area contributed by atoms with Crippen LogP contribution in [0.25, 0.3) is 11.1 Å². The van der Waals surface area contributed by atoms with E-state index in [1.165, 1.54) is 64.6 Å². The molecule has 0 saturated carbocycles. The van der Waals surface area contributed by atoms with Crippen LogP contribution in [0, 0.1) is 34.6 Å². The van der Waals surface area contributed by atoms with Gasteiger partial charge in [-0.3, -0.25) is 0 Å². The molecule has 0 N–H and O–H groups in total. The van der Waals surface area contributed by atoms with Crippen molar-refractivity contribution in [3.8, 4) is 11.1 Å². The molecule has 0 spiro atoms. The molecule has 0 saturated heterocycles. The third kappa shape index (κ3) is 7.29. The van der Waals surface area contributed by atoms with Crippen LogP contribution in [0.5, 0.6) is 0 Å². The number of halogens is 3. The summed E-state index contributed by atoms with van der Waals surface area (Å²) in [6.45, 7) is 13.8. The summed E-state index contributed by atoms with van der Waals surface area (Å²) >= 11 is 0. The van der Waals surface area contributed by atoms with E-state index in [0.29, 0.717) is 0 Å². The number of hydrogen-bond acceptors (Lipinski definition) is 0. The number of benzene rings is 2. The molecule has 0 radical (unpaired) electrons. The Morgan fingerprint density at radius 1 is 0.719 bits per heavy atom. The van der Waals surface area contributed by atoms with Crippen LogP contribution in [-0.4, -0.2) is 9.52 Å². The number of unbranched alkanes of at least 4 members (excludes halogenated alkanes) is 2. The summed E-state index contributed by atoms with van der Waals surface area (Å²) in [7, 11) is -0.531. The molecule has 0 nitrogen and oxygen atoms in total. The maximum absolute atomic E-state index is 2.44. The van der Waals surface area contributed by atoms with Crippen molar-refractivity contribution in [2.45, 2.75) is 67.2 Å². The molecule has 3 rings (SSSR count). The van der Waals surface area contributed by atoms with Crippen molar-refractivity contribution in [2.24, 2.45) is 0 Å². The fourth-order valence-corrected chi connectivity index (χ4v) is 6.79. The zero-order valence-electron chi connectivity index (χ0n) is 20.2. The first kappa shape index (κ1) is 33.8. The quantitative estimate of drug-likeness (QED) is 0.165. The van der Waals surface area contributed by atoms with E-state index < -0.39 is 9.52 Å². The normalized spacial score (nSPS) is 10.2. The number of aryl methyl sites for hydroxylation is 1. The summed E-state index contributed by atoms with van der Waals surface area (Å²) in [5.41, 5.74) is 12.0. The number of hydrogen-bond donors (Lipinski definition) is 0. The molecule has 0 aromatic heterocycles. The molecule has 0 aliphatic rings. The van der Waals surface area contributed by atoms with Crippen molar-refractivity contribution >= 4 is 19.9 Å². The third-order valence-electron chi connectivity index (χ3n) is 6.76. The van der Waals surface area contributed by atoms with E-state index in [1.807, 2.05) is 0 Å². The first-order valence-corrected chi connectivity index (χ1v) is 12.3. The van der Waals surface area contributed by atoms with Crippen LogP contribution < -0.4 is 47.6 Å². The molecular weight excluding hydrogens is 507 g/mol. The minimum atomic E-state index is -0.531. The first-order valence-electron chi connectivity index (χ1n) is 10.8. The molecule has 3 aromatic carbocycles. The maximum atomic E-state index is 2.44. The van der Waals surface area contributed by atoms with Crippen LogP contribution in [0.4, 0.5) is 0 Å². The minimum Gasteiger partial charge on any atom is -1.00 e. The molecule has 0 fully saturated rings. The molecule has 0 atom stereocenters. The Morgan fingerprint density at radius 3 is 1.78 bits per heavy atom. The van der Waals surface area contributed by atoms with Gasteiger partial charge in [0.2, 0.25) is 0 Å². The summed E-state index contributed by atoms with van der Waals surface area (Å²) in [4.78, 5) is 0. The predicted octanol–water partition coefficient (Wildman–Crippen LogP) is -3.52. The van der Waals surface area contributed by atoms with E-state index in [2.05, 4.69) is 84.0 Å². The average Bonchev–Trinajstić information content (AvgIpc) is 3.11. The van der Waals surface area contributed by atoms with Crippen molar-refractivity contribution in [1.29, 1.82) is 0 Å². The average molecular weight is 542 g/mol. The van der Waals surface area contributed by atoms with E-state index >= 15 is 0 Å². The van der Waals surface area contributed by atoms with Gasteiger partial charge in [-0.1, -0.05) is 73.7 Å². The molecule has 0 bridgehead atoms. The topological polar surface area (TPSA) is 0 Å². The predicted molar refractivity (Wildman–Crippen MR) is 129 cm³/mol.